The number of amides is 2. The van der Waals surface area contributed by atoms with Gasteiger partial charge in [-0.2, -0.15) is 0 Å². The highest BCUT2D eigenvalue weighted by atomic mass is 79.9. The van der Waals surface area contributed by atoms with Crippen molar-refractivity contribution in [3.05, 3.63) is 34.3 Å². The van der Waals surface area contributed by atoms with Gasteiger partial charge in [0.25, 0.3) is 0 Å². The van der Waals surface area contributed by atoms with E-state index in [1.54, 1.807) is 24.3 Å². The highest BCUT2D eigenvalue weighted by Gasteiger charge is 2.27. The zero-order valence-corrected chi connectivity index (χ0v) is 9.50. The van der Waals surface area contributed by atoms with Crippen LogP contribution in [0.1, 0.15) is 25.7 Å². The van der Waals surface area contributed by atoms with E-state index in [2.05, 4.69) is 21.2 Å². The predicted octanol–water partition coefficient (Wildman–Crippen LogP) is 1.97. The van der Waals surface area contributed by atoms with Crippen LogP contribution < -0.4 is 5.32 Å². The maximum Gasteiger partial charge on any atom is 0.234 e. The van der Waals surface area contributed by atoms with E-state index < -0.39 is 11.8 Å². The summed E-state index contributed by atoms with van der Waals surface area (Å²) in [5, 5.41) is 2.21. The van der Waals surface area contributed by atoms with Gasteiger partial charge in [0, 0.05) is 12.3 Å². The van der Waals surface area contributed by atoms with Crippen LogP contribution in [0.4, 0.5) is 0 Å². The van der Waals surface area contributed by atoms with Crippen LogP contribution >= 0.6 is 15.9 Å². The van der Waals surface area contributed by atoms with Crippen LogP contribution in [0.15, 0.2) is 28.7 Å². The molecule has 1 aromatic carbocycles. The van der Waals surface area contributed by atoms with Crippen LogP contribution in [0.25, 0.3) is 0 Å². The van der Waals surface area contributed by atoms with Crippen LogP contribution in [-0.4, -0.2) is 11.8 Å². The number of piperidine rings is 1. The maximum atomic E-state index is 11.7. The van der Waals surface area contributed by atoms with Crippen molar-refractivity contribution in [3.63, 3.8) is 0 Å². The van der Waals surface area contributed by atoms with Crippen molar-refractivity contribution in [1.29, 1.82) is 0 Å². The number of rotatable bonds is 1. The van der Waals surface area contributed by atoms with E-state index in [9.17, 15) is 9.59 Å². The van der Waals surface area contributed by atoms with E-state index in [1.807, 2.05) is 0 Å². The summed E-state index contributed by atoms with van der Waals surface area (Å²) in [4.78, 5) is 22.7. The Bertz CT molecular complexity index is 446. The average Bonchev–Trinajstić information content (AvgIpc) is 2.25. The second-order valence-electron chi connectivity index (χ2n) is 3.36. The molecule has 0 aliphatic carbocycles. The first kappa shape index (κ1) is 9.09. The molecular weight excluding hydrogens is 258 g/mol. The van der Waals surface area contributed by atoms with Gasteiger partial charge in [-0.15, -0.1) is 0 Å². The molecule has 1 aliphatic heterocycles. The zero-order valence-electron chi connectivity index (χ0n) is 8.92. The molecule has 0 radical (unpaired) electrons. The zero-order chi connectivity index (χ0) is 11.8. The van der Waals surface area contributed by atoms with Gasteiger partial charge in [-0.1, -0.05) is 28.1 Å². The lowest BCUT2D eigenvalue weighted by atomic mass is 9.91. The molecule has 0 saturated carbocycles. The molecule has 4 heteroatoms. The second-order valence-corrected chi connectivity index (χ2v) is 4.28. The van der Waals surface area contributed by atoms with Crippen LogP contribution in [0.5, 0.6) is 0 Å². The minimum atomic E-state index is -1.34. The van der Waals surface area contributed by atoms with Gasteiger partial charge in [-0.05, 0) is 24.1 Å². The summed E-state index contributed by atoms with van der Waals surface area (Å²) in [6.07, 6.45) is 0.449. The molecule has 1 atom stereocenters. The van der Waals surface area contributed by atoms with Crippen LogP contribution in [0.3, 0.4) is 0 Å². The van der Waals surface area contributed by atoms with Gasteiger partial charge in [0.15, 0.2) is 0 Å². The topological polar surface area (TPSA) is 46.2 Å². The molecule has 1 aromatic rings. The molecule has 2 amide bonds. The first-order chi connectivity index (χ1) is 7.52. The van der Waals surface area contributed by atoms with Crippen LogP contribution in [-0.2, 0) is 9.59 Å². The molecule has 78 valence electrons. The molecule has 2 rings (SSSR count). The van der Waals surface area contributed by atoms with Gasteiger partial charge >= 0.3 is 0 Å². The molecule has 3 nitrogen and oxygen atoms in total. The summed E-state index contributed by atoms with van der Waals surface area (Å²) in [5.74, 6) is -2.18. The number of carbonyl (C=O) groups excluding carboxylic acids is 2. The van der Waals surface area contributed by atoms with Crippen molar-refractivity contribution in [1.82, 2.24) is 5.32 Å². The summed E-state index contributed by atoms with van der Waals surface area (Å²) in [6.45, 7) is 0. The molecule has 0 aromatic heterocycles. The number of hydrogen-bond acceptors (Lipinski definition) is 2. The molecule has 0 bridgehead atoms. The smallest absolute Gasteiger partial charge is 0.234 e. The highest BCUT2D eigenvalue weighted by Crippen LogP contribution is 2.25. The van der Waals surface area contributed by atoms with Crippen molar-refractivity contribution in [2.24, 2.45) is 0 Å². The van der Waals surface area contributed by atoms with Crippen LogP contribution in [0.2, 0.25) is 0 Å². The van der Waals surface area contributed by atoms with Crippen LogP contribution in [0, 0.1) is 0 Å². The lowest BCUT2D eigenvalue weighted by Crippen LogP contribution is -2.39. The molecule has 15 heavy (non-hydrogen) atoms. The lowest BCUT2D eigenvalue weighted by Gasteiger charge is -2.20. The first-order valence-corrected chi connectivity index (χ1v) is 5.42. The minimum absolute atomic E-state index is 0.214. The third kappa shape index (κ3) is 2.26. The molecule has 1 saturated heterocycles. The van der Waals surface area contributed by atoms with Crippen molar-refractivity contribution < 1.29 is 11.0 Å². The SMILES string of the molecule is [2H]C1(c2ccc(Br)cc2)CCC(=O)NC1=O. The Balaban J connectivity index is 2.34. The van der Waals surface area contributed by atoms with Gasteiger partial charge < -0.3 is 0 Å². The van der Waals surface area contributed by atoms with Crippen molar-refractivity contribution >= 4 is 27.7 Å². The van der Waals surface area contributed by atoms with Crippen molar-refractivity contribution in [3.8, 4) is 0 Å². The molecular formula is C11H10BrNO2. The molecule has 1 aliphatic rings. The van der Waals surface area contributed by atoms with Gasteiger partial charge in [0.05, 0.1) is 5.89 Å². The molecule has 0 spiro atoms. The number of benzene rings is 1. The Morgan fingerprint density at radius 2 is 2.00 bits per heavy atom. The molecule has 1 unspecified atom stereocenters. The number of hydrogen-bond donors (Lipinski definition) is 1. The number of carbonyl (C=O) groups is 2. The van der Waals surface area contributed by atoms with Gasteiger partial charge in [-0.3, -0.25) is 14.9 Å². The van der Waals surface area contributed by atoms with Crippen molar-refractivity contribution in [2.75, 3.05) is 0 Å². The summed E-state index contributed by atoms with van der Waals surface area (Å²) in [7, 11) is 0. The largest absolute Gasteiger partial charge is 0.296 e. The Labute approximate surface area is 97.4 Å². The third-order valence-electron chi connectivity index (χ3n) is 2.32. The molecule has 1 N–H and O–H groups in total. The maximum absolute atomic E-state index is 11.7. The predicted molar refractivity (Wildman–Crippen MR) is 59.3 cm³/mol. The quantitative estimate of drug-likeness (QED) is 0.792. The van der Waals surface area contributed by atoms with E-state index >= 15 is 0 Å². The summed E-state index contributed by atoms with van der Waals surface area (Å²) >= 11 is 3.30. The van der Waals surface area contributed by atoms with E-state index in [-0.39, 0.29) is 18.7 Å². The summed E-state index contributed by atoms with van der Waals surface area (Å²) in [6, 6.07) is 7.03. The molecule has 1 fully saturated rings. The van der Waals surface area contributed by atoms with E-state index in [4.69, 9.17) is 1.37 Å². The van der Waals surface area contributed by atoms with E-state index in [0.717, 1.165) is 4.47 Å². The lowest BCUT2D eigenvalue weighted by molar-refractivity contribution is -0.134. The molecule has 1 heterocycles. The monoisotopic (exact) mass is 268 g/mol. The Morgan fingerprint density at radius 1 is 1.33 bits per heavy atom. The fourth-order valence-electron chi connectivity index (χ4n) is 1.54. The Morgan fingerprint density at radius 3 is 2.60 bits per heavy atom. The third-order valence-corrected chi connectivity index (χ3v) is 2.85. The highest BCUT2D eigenvalue weighted by molar-refractivity contribution is 9.10. The van der Waals surface area contributed by atoms with E-state index in [0.29, 0.717) is 5.56 Å². The number of imide groups is 1. The summed E-state index contributed by atoms with van der Waals surface area (Å²) in [5.41, 5.74) is 0.612. The average molecular weight is 269 g/mol. The Hall–Kier alpha value is -1.16. The van der Waals surface area contributed by atoms with E-state index in [1.165, 1.54) is 0 Å². The van der Waals surface area contributed by atoms with Gasteiger partial charge in [-0.25, -0.2) is 0 Å². The number of nitrogens with one attached hydrogen (secondary N) is 1. The minimum Gasteiger partial charge on any atom is -0.296 e. The first-order valence-electron chi connectivity index (χ1n) is 5.13. The standard InChI is InChI=1S/C11H10BrNO2/c12-8-3-1-7(2-4-8)9-5-6-10(14)13-11(9)15/h1-4,9H,5-6H2,(H,13,14,15)/i9D. The van der Waals surface area contributed by atoms with Gasteiger partial charge in [0.2, 0.25) is 11.8 Å². The fourth-order valence-corrected chi connectivity index (χ4v) is 1.81. The van der Waals surface area contributed by atoms with Crippen molar-refractivity contribution in [2.45, 2.75) is 18.7 Å². The normalized spacial score (nSPS) is 27.1. The fraction of sp³-hybridized carbons (Fsp3) is 0.273. The number of halogens is 1. The van der Waals surface area contributed by atoms with Gasteiger partial charge in [0.1, 0.15) is 0 Å². The second kappa shape index (κ2) is 4.14. The summed E-state index contributed by atoms with van der Waals surface area (Å²) < 4.78 is 9.04. The Kier molecular flexibility index (Phi) is 2.51.